The maximum absolute atomic E-state index is 13.5. The highest BCUT2D eigenvalue weighted by Crippen LogP contribution is 2.45. The van der Waals surface area contributed by atoms with Crippen molar-refractivity contribution in [3.8, 4) is 0 Å². The molecular formula is C37H43N5O5. The first kappa shape index (κ1) is 32.3. The molecule has 4 aliphatic rings. The van der Waals surface area contributed by atoms with E-state index < -0.39 is 5.97 Å². The van der Waals surface area contributed by atoms with Crippen molar-refractivity contribution in [2.75, 3.05) is 13.7 Å². The molecular weight excluding hydrogens is 594 g/mol. The Morgan fingerprint density at radius 3 is 2.43 bits per heavy atom. The minimum Gasteiger partial charge on any atom is -0.466 e. The normalized spacial score (nSPS) is 22.0. The molecule has 6 rings (SSSR count). The number of ketones is 1. The van der Waals surface area contributed by atoms with Gasteiger partial charge in [0.25, 0.3) is 0 Å². The molecule has 2 aromatic rings. The number of esters is 2. The number of rotatable bonds is 7. The van der Waals surface area contributed by atoms with E-state index in [1.807, 2.05) is 32.9 Å². The molecule has 4 aliphatic heterocycles. The number of allylic oxidation sites excluding steroid dienone is 2. The van der Waals surface area contributed by atoms with Gasteiger partial charge in [-0.15, -0.1) is 0 Å². The Morgan fingerprint density at radius 2 is 1.74 bits per heavy atom. The van der Waals surface area contributed by atoms with Crippen molar-refractivity contribution in [2.24, 2.45) is 4.99 Å². The van der Waals surface area contributed by atoms with Crippen molar-refractivity contribution in [1.82, 2.24) is 19.9 Å². The first-order valence-electron chi connectivity index (χ1n) is 16.6. The molecule has 10 nitrogen and oxygen atoms in total. The molecule has 0 aromatic carbocycles. The number of ether oxygens (including phenoxy) is 2. The highest BCUT2D eigenvalue weighted by atomic mass is 16.5. The van der Waals surface area contributed by atoms with Crippen LogP contribution < -0.4 is 0 Å². The van der Waals surface area contributed by atoms with E-state index >= 15 is 0 Å². The average molecular weight is 638 g/mol. The Labute approximate surface area is 274 Å². The summed E-state index contributed by atoms with van der Waals surface area (Å²) in [6.07, 6.45) is 2.33. The van der Waals surface area contributed by atoms with Crippen LogP contribution in [0.3, 0.4) is 0 Å². The summed E-state index contributed by atoms with van der Waals surface area (Å²) in [4.78, 5) is 60.9. The van der Waals surface area contributed by atoms with Gasteiger partial charge in [0.1, 0.15) is 0 Å². The van der Waals surface area contributed by atoms with Gasteiger partial charge in [0.05, 0.1) is 40.3 Å². The Bertz CT molecular complexity index is 1950. The zero-order valence-corrected chi connectivity index (χ0v) is 28.5. The SMILES string of the molecule is CCCOC(=O)CC[C@@H]1c2nc(cc3nc(cc4[nH]c(cc5[nH]c6c2C(=NC)OC(=O)c6c5C)[C@H](CC)[C@H]4C)C(C(C)=O)=C3C)[C@H]1C. The number of hydrogen-bond acceptors (Lipinski definition) is 8. The average Bonchev–Trinajstić information content (AvgIpc) is 3.72. The molecule has 4 atom stereocenters. The number of hydrogen-bond donors (Lipinski definition) is 2. The summed E-state index contributed by atoms with van der Waals surface area (Å²) >= 11 is 0. The fraction of sp³-hybridized carbons (Fsp3) is 0.459. The number of fused-ring (bicyclic) bond motifs is 8. The molecule has 10 heteroatoms. The largest absolute Gasteiger partial charge is 0.466 e. The molecule has 8 bridgehead atoms. The van der Waals surface area contributed by atoms with Gasteiger partial charge < -0.3 is 19.4 Å². The summed E-state index contributed by atoms with van der Waals surface area (Å²) in [6.45, 7) is 14.2. The Balaban J connectivity index is 1.72. The van der Waals surface area contributed by atoms with E-state index in [2.05, 4.69) is 41.8 Å². The fourth-order valence-electron chi connectivity index (χ4n) is 7.48. The number of cyclic esters (lactones) is 1. The number of aryl methyl sites for hydroxylation is 1. The van der Waals surface area contributed by atoms with Crippen LogP contribution in [0.25, 0.3) is 22.2 Å². The summed E-state index contributed by atoms with van der Waals surface area (Å²) in [5, 5.41) is 0. The molecule has 0 fully saturated rings. The van der Waals surface area contributed by atoms with E-state index in [-0.39, 0.29) is 47.7 Å². The number of nitrogens with one attached hydrogen (secondary N) is 2. The second kappa shape index (κ2) is 12.5. The van der Waals surface area contributed by atoms with Gasteiger partial charge in [-0.3, -0.25) is 19.6 Å². The lowest BCUT2D eigenvalue weighted by Crippen LogP contribution is -2.22. The molecule has 0 radical (unpaired) electrons. The number of nitrogens with zero attached hydrogens (tertiary/aromatic N) is 3. The van der Waals surface area contributed by atoms with Crippen molar-refractivity contribution >= 4 is 45.8 Å². The van der Waals surface area contributed by atoms with Crippen LogP contribution in [-0.4, -0.2) is 57.2 Å². The van der Waals surface area contributed by atoms with Crippen LogP contribution in [0, 0.1) is 6.92 Å². The molecule has 0 unspecified atom stereocenters. The molecule has 0 amide bonds. The fourth-order valence-corrected chi connectivity index (χ4v) is 7.48. The summed E-state index contributed by atoms with van der Waals surface area (Å²) in [5.74, 6) is -0.574. The van der Waals surface area contributed by atoms with Crippen LogP contribution in [0.2, 0.25) is 0 Å². The van der Waals surface area contributed by atoms with Gasteiger partial charge in [-0.2, -0.15) is 0 Å². The number of aromatic amines is 2. The third-order valence-electron chi connectivity index (χ3n) is 10.1. The van der Waals surface area contributed by atoms with Gasteiger partial charge >= 0.3 is 11.9 Å². The number of carbonyl (C=O) groups is 3. The quantitative estimate of drug-likeness (QED) is 0.303. The monoisotopic (exact) mass is 637 g/mol. The summed E-state index contributed by atoms with van der Waals surface area (Å²) in [7, 11) is 1.59. The van der Waals surface area contributed by atoms with E-state index in [0.29, 0.717) is 52.3 Å². The molecule has 246 valence electrons. The molecule has 2 aromatic heterocycles. The van der Waals surface area contributed by atoms with Crippen molar-refractivity contribution in [3.05, 3.63) is 69.1 Å². The Hall–Kier alpha value is -4.60. The van der Waals surface area contributed by atoms with Crippen molar-refractivity contribution in [3.63, 3.8) is 0 Å². The van der Waals surface area contributed by atoms with Gasteiger partial charge in [-0.05, 0) is 69.4 Å². The predicted molar refractivity (Wildman–Crippen MR) is 181 cm³/mol. The van der Waals surface area contributed by atoms with Crippen LogP contribution in [0.15, 0.2) is 23.2 Å². The van der Waals surface area contributed by atoms with E-state index in [0.717, 1.165) is 46.6 Å². The molecule has 0 spiro atoms. The van der Waals surface area contributed by atoms with Crippen molar-refractivity contribution in [1.29, 1.82) is 0 Å². The van der Waals surface area contributed by atoms with Gasteiger partial charge in [-0.25, -0.2) is 9.78 Å². The topological polar surface area (TPSA) is 139 Å². The molecule has 47 heavy (non-hydrogen) atoms. The predicted octanol–water partition coefficient (Wildman–Crippen LogP) is 7.33. The summed E-state index contributed by atoms with van der Waals surface area (Å²) in [6, 6.07) is 6.03. The van der Waals surface area contributed by atoms with Gasteiger partial charge in [-0.1, -0.05) is 27.7 Å². The standard InChI is InChI=1S/C37H43N5O5/c1-9-13-46-30(44)12-11-23-18(4)25-14-26-19(5)31(21(7)43)29(40-26)16-24-17(3)22(10-2)28(39-24)15-27-20(6)32-35(42-27)33(34(23)41-25)36(38-8)47-37(32)45/h14-18,22-23,39,42H,9-13H2,1-8H3/t17-,18+,22-,23+/m1/s1. The van der Waals surface area contributed by atoms with E-state index in [4.69, 9.17) is 19.4 Å². The molecule has 6 heterocycles. The van der Waals surface area contributed by atoms with Gasteiger partial charge in [0.15, 0.2) is 5.78 Å². The second-order valence-corrected chi connectivity index (χ2v) is 13.0. The lowest BCUT2D eigenvalue weighted by atomic mass is 9.85. The first-order valence-corrected chi connectivity index (χ1v) is 16.6. The zero-order valence-electron chi connectivity index (χ0n) is 28.5. The van der Waals surface area contributed by atoms with Crippen LogP contribution in [-0.2, 0) is 19.1 Å². The van der Waals surface area contributed by atoms with Crippen LogP contribution in [0.5, 0.6) is 0 Å². The molecule has 0 saturated heterocycles. The smallest absolute Gasteiger partial charge is 0.347 e. The third kappa shape index (κ3) is 5.47. The van der Waals surface area contributed by atoms with Crippen LogP contribution in [0.4, 0.5) is 0 Å². The minimum atomic E-state index is -0.469. The second-order valence-electron chi connectivity index (χ2n) is 13.0. The van der Waals surface area contributed by atoms with Crippen LogP contribution >= 0.6 is 0 Å². The number of H-pyrrole nitrogens is 2. The zero-order chi connectivity index (χ0) is 33.7. The Morgan fingerprint density at radius 1 is 0.979 bits per heavy atom. The minimum absolute atomic E-state index is 0.0462. The highest BCUT2D eigenvalue weighted by Gasteiger charge is 2.38. The van der Waals surface area contributed by atoms with E-state index in [9.17, 15) is 14.4 Å². The van der Waals surface area contributed by atoms with Crippen molar-refractivity contribution in [2.45, 2.75) is 97.8 Å². The number of carbonyl (C=O) groups excluding carboxylic acids is 3. The first-order chi connectivity index (χ1) is 22.5. The lowest BCUT2D eigenvalue weighted by molar-refractivity contribution is -0.143. The summed E-state index contributed by atoms with van der Waals surface area (Å²) < 4.78 is 11.3. The van der Waals surface area contributed by atoms with E-state index in [1.165, 1.54) is 0 Å². The Kier molecular flexibility index (Phi) is 8.63. The lowest BCUT2D eigenvalue weighted by Gasteiger charge is -2.20. The van der Waals surface area contributed by atoms with Gasteiger partial charge in [0, 0.05) is 65.3 Å². The third-order valence-corrected chi connectivity index (χ3v) is 10.1. The number of Topliss-reactive ketones (excluding diaryl/α,β-unsaturated/α-hetero) is 1. The van der Waals surface area contributed by atoms with Crippen LogP contribution in [0.1, 0.15) is 147 Å². The maximum Gasteiger partial charge on any atom is 0.347 e. The highest BCUT2D eigenvalue weighted by molar-refractivity contribution is 6.27. The molecule has 0 aliphatic carbocycles. The van der Waals surface area contributed by atoms with E-state index in [1.54, 1.807) is 14.0 Å². The van der Waals surface area contributed by atoms with Crippen molar-refractivity contribution < 1.29 is 23.9 Å². The maximum atomic E-state index is 13.5. The summed E-state index contributed by atoms with van der Waals surface area (Å²) in [5.41, 5.74) is 9.41. The number of aromatic nitrogens is 4. The molecule has 2 N–H and O–H groups in total. The molecule has 0 saturated carbocycles. The van der Waals surface area contributed by atoms with Gasteiger partial charge in [0.2, 0.25) is 5.90 Å². The number of aliphatic imine (C=N–C) groups is 1.